The number of carbonyl (C=O) groups is 1. The molecule has 1 fully saturated rings. The Morgan fingerprint density at radius 2 is 2.33 bits per heavy atom. The van der Waals surface area contributed by atoms with Crippen molar-refractivity contribution in [2.75, 3.05) is 0 Å². The summed E-state index contributed by atoms with van der Waals surface area (Å²) < 4.78 is 5.19. The molecule has 2 heterocycles. The van der Waals surface area contributed by atoms with Crippen molar-refractivity contribution in [1.82, 2.24) is 15.1 Å². The maximum absolute atomic E-state index is 11.6. The lowest BCUT2D eigenvalue weighted by molar-refractivity contribution is -0.119. The van der Waals surface area contributed by atoms with Crippen LogP contribution >= 0.6 is 0 Å². The second-order valence-corrected chi connectivity index (χ2v) is 4.59. The Bertz CT molecular complexity index is 591. The quantitative estimate of drug-likeness (QED) is 0.809. The molecule has 1 aliphatic carbocycles. The summed E-state index contributed by atoms with van der Waals surface area (Å²) in [6.07, 6.45) is 4.04. The molecule has 18 heavy (non-hydrogen) atoms. The Morgan fingerprint density at radius 1 is 1.44 bits per heavy atom. The van der Waals surface area contributed by atoms with Crippen LogP contribution in [-0.2, 0) is 4.79 Å². The van der Waals surface area contributed by atoms with Crippen molar-refractivity contribution in [2.45, 2.75) is 32.1 Å². The molecule has 2 aromatic rings. The zero-order valence-corrected chi connectivity index (χ0v) is 10.1. The van der Waals surface area contributed by atoms with Gasteiger partial charge in [0.25, 0.3) is 0 Å². The molecule has 1 saturated carbocycles. The van der Waals surface area contributed by atoms with Crippen molar-refractivity contribution < 1.29 is 9.32 Å². The molecule has 0 bridgehead atoms. The van der Waals surface area contributed by atoms with Crippen molar-refractivity contribution in [2.24, 2.45) is 0 Å². The summed E-state index contributed by atoms with van der Waals surface area (Å²) in [7, 11) is 0. The highest BCUT2D eigenvalue weighted by atomic mass is 16.5. The first-order chi connectivity index (χ1) is 8.74. The van der Waals surface area contributed by atoms with Gasteiger partial charge in [-0.2, -0.15) is 4.98 Å². The number of carbonyl (C=O) groups excluding carboxylic acids is 1. The lowest BCUT2D eigenvalue weighted by Crippen LogP contribution is -2.04. The van der Waals surface area contributed by atoms with Gasteiger partial charge in [0, 0.05) is 12.6 Å². The first-order valence-corrected chi connectivity index (χ1v) is 6.03. The predicted octanol–water partition coefficient (Wildman–Crippen LogP) is 2.28. The first kappa shape index (κ1) is 11.1. The van der Waals surface area contributed by atoms with E-state index < -0.39 is 0 Å². The fraction of sp³-hybridized carbons (Fsp3) is 0.385. The Balaban J connectivity index is 1.92. The number of aryl methyl sites for hydroxylation is 1. The standard InChI is InChI=1S/C13H13N3O2/c1-8-5-6-14-10(7-8)12-15-13(18-16-12)9-3-2-4-11(9)17/h5-7,9H,2-4H2,1H3. The summed E-state index contributed by atoms with van der Waals surface area (Å²) in [6.45, 7) is 1.98. The fourth-order valence-electron chi connectivity index (χ4n) is 2.22. The largest absolute Gasteiger partial charge is 0.338 e. The highest BCUT2D eigenvalue weighted by molar-refractivity contribution is 5.86. The normalized spacial score (nSPS) is 19.4. The minimum atomic E-state index is -0.212. The van der Waals surface area contributed by atoms with Crippen LogP contribution in [-0.4, -0.2) is 20.9 Å². The number of hydrogen-bond acceptors (Lipinski definition) is 5. The molecule has 0 aromatic carbocycles. The average Bonchev–Trinajstić information content (AvgIpc) is 2.97. The first-order valence-electron chi connectivity index (χ1n) is 6.03. The summed E-state index contributed by atoms with van der Waals surface area (Å²) in [6, 6.07) is 3.80. The van der Waals surface area contributed by atoms with E-state index in [1.54, 1.807) is 6.20 Å². The molecule has 1 atom stereocenters. The van der Waals surface area contributed by atoms with Gasteiger partial charge in [-0.25, -0.2) is 0 Å². The molecule has 0 radical (unpaired) electrons. The molecule has 0 spiro atoms. The van der Waals surface area contributed by atoms with E-state index >= 15 is 0 Å². The van der Waals surface area contributed by atoms with Gasteiger partial charge in [-0.1, -0.05) is 5.16 Å². The van der Waals surface area contributed by atoms with E-state index in [2.05, 4.69) is 15.1 Å². The van der Waals surface area contributed by atoms with E-state index in [9.17, 15) is 4.79 Å². The van der Waals surface area contributed by atoms with Crippen LogP contribution in [0, 0.1) is 6.92 Å². The zero-order chi connectivity index (χ0) is 12.5. The topological polar surface area (TPSA) is 68.9 Å². The summed E-state index contributed by atoms with van der Waals surface area (Å²) in [5, 5.41) is 3.91. The third-order valence-corrected chi connectivity index (χ3v) is 3.19. The number of pyridine rings is 1. The second-order valence-electron chi connectivity index (χ2n) is 4.59. The molecule has 3 rings (SSSR count). The maximum atomic E-state index is 11.6. The summed E-state index contributed by atoms with van der Waals surface area (Å²) in [5.41, 5.74) is 1.76. The fourth-order valence-corrected chi connectivity index (χ4v) is 2.22. The third kappa shape index (κ3) is 1.92. The molecule has 0 N–H and O–H groups in total. The monoisotopic (exact) mass is 243 g/mol. The minimum Gasteiger partial charge on any atom is -0.338 e. The van der Waals surface area contributed by atoms with E-state index in [0.29, 0.717) is 23.8 Å². The van der Waals surface area contributed by atoms with Crippen LogP contribution in [0.15, 0.2) is 22.9 Å². The Hall–Kier alpha value is -2.04. The minimum absolute atomic E-state index is 0.197. The van der Waals surface area contributed by atoms with Gasteiger partial charge < -0.3 is 4.52 Å². The molecule has 2 aromatic heterocycles. The van der Waals surface area contributed by atoms with Crippen LogP contribution < -0.4 is 0 Å². The van der Waals surface area contributed by atoms with E-state index in [-0.39, 0.29) is 11.7 Å². The van der Waals surface area contributed by atoms with Crippen molar-refractivity contribution in [3.63, 3.8) is 0 Å². The molecule has 92 valence electrons. The zero-order valence-electron chi connectivity index (χ0n) is 10.1. The van der Waals surface area contributed by atoms with Crippen LogP contribution in [0.1, 0.15) is 36.6 Å². The molecule has 0 amide bonds. The molecular weight excluding hydrogens is 230 g/mol. The number of aromatic nitrogens is 3. The molecule has 0 saturated heterocycles. The summed E-state index contributed by atoms with van der Waals surface area (Å²) in [5.74, 6) is 0.864. The van der Waals surface area contributed by atoms with Gasteiger partial charge in [-0.3, -0.25) is 9.78 Å². The second kappa shape index (κ2) is 4.33. The third-order valence-electron chi connectivity index (χ3n) is 3.19. The van der Waals surface area contributed by atoms with Crippen molar-refractivity contribution in [3.8, 4) is 11.5 Å². The van der Waals surface area contributed by atoms with E-state index in [0.717, 1.165) is 18.4 Å². The number of Topliss-reactive ketones (excluding diaryl/α,β-unsaturated/α-hetero) is 1. The van der Waals surface area contributed by atoms with Crippen LogP contribution in [0.25, 0.3) is 11.5 Å². The van der Waals surface area contributed by atoms with Gasteiger partial charge in [0.1, 0.15) is 11.5 Å². The number of ketones is 1. The van der Waals surface area contributed by atoms with E-state index in [1.165, 1.54) is 0 Å². The van der Waals surface area contributed by atoms with Crippen molar-refractivity contribution in [1.29, 1.82) is 0 Å². The number of nitrogens with zero attached hydrogens (tertiary/aromatic N) is 3. The highest BCUT2D eigenvalue weighted by Gasteiger charge is 2.31. The smallest absolute Gasteiger partial charge is 0.237 e. The lowest BCUT2D eigenvalue weighted by atomic mass is 10.1. The molecular formula is C13H13N3O2. The Morgan fingerprint density at radius 3 is 3.06 bits per heavy atom. The predicted molar refractivity (Wildman–Crippen MR) is 63.9 cm³/mol. The SMILES string of the molecule is Cc1ccnc(-c2noc(C3CCCC3=O)n2)c1. The molecule has 1 aliphatic rings. The van der Waals surface area contributed by atoms with Crippen LogP contribution in [0.5, 0.6) is 0 Å². The number of rotatable bonds is 2. The van der Waals surface area contributed by atoms with Gasteiger partial charge in [-0.15, -0.1) is 0 Å². The van der Waals surface area contributed by atoms with Gasteiger partial charge in [0.15, 0.2) is 0 Å². The lowest BCUT2D eigenvalue weighted by Gasteiger charge is -1.98. The van der Waals surface area contributed by atoms with E-state index in [4.69, 9.17) is 4.52 Å². The van der Waals surface area contributed by atoms with Crippen molar-refractivity contribution in [3.05, 3.63) is 29.8 Å². The highest BCUT2D eigenvalue weighted by Crippen LogP contribution is 2.30. The molecule has 5 nitrogen and oxygen atoms in total. The maximum Gasteiger partial charge on any atom is 0.237 e. The van der Waals surface area contributed by atoms with Gasteiger partial charge in [0.2, 0.25) is 11.7 Å². The Kier molecular flexibility index (Phi) is 2.66. The summed E-state index contributed by atoms with van der Waals surface area (Å²) in [4.78, 5) is 20.1. The van der Waals surface area contributed by atoms with Crippen molar-refractivity contribution >= 4 is 5.78 Å². The van der Waals surface area contributed by atoms with Crippen LogP contribution in [0.3, 0.4) is 0 Å². The molecule has 0 aliphatic heterocycles. The number of hydrogen-bond donors (Lipinski definition) is 0. The van der Waals surface area contributed by atoms with Crippen LogP contribution in [0.2, 0.25) is 0 Å². The Labute approximate surface area is 104 Å². The van der Waals surface area contributed by atoms with Gasteiger partial charge in [-0.05, 0) is 37.5 Å². The van der Waals surface area contributed by atoms with E-state index in [1.807, 2.05) is 19.1 Å². The summed E-state index contributed by atoms with van der Waals surface area (Å²) >= 11 is 0. The van der Waals surface area contributed by atoms with Gasteiger partial charge in [0.05, 0.1) is 5.92 Å². The molecule has 1 unspecified atom stereocenters. The van der Waals surface area contributed by atoms with Crippen LogP contribution in [0.4, 0.5) is 0 Å². The average molecular weight is 243 g/mol. The molecule has 5 heteroatoms. The van der Waals surface area contributed by atoms with Gasteiger partial charge >= 0.3 is 0 Å².